The van der Waals surface area contributed by atoms with E-state index in [1.807, 2.05) is 32.0 Å². The Bertz CT molecular complexity index is 76.7. The summed E-state index contributed by atoms with van der Waals surface area (Å²) >= 11 is 0. The van der Waals surface area contributed by atoms with Crippen LogP contribution in [0.2, 0.25) is 0 Å². The van der Waals surface area contributed by atoms with Gasteiger partial charge in [0.05, 0.1) is 0 Å². The third-order valence-electron chi connectivity index (χ3n) is 0.566. The minimum atomic E-state index is 0. The van der Waals surface area contributed by atoms with Crippen molar-refractivity contribution < 1.29 is 0 Å². The Morgan fingerprint density at radius 3 is 1.30 bits per heavy atom. The zero-order chi connectivity index (χ0) is 6.24. The average molecular weight is 141 g/mol. The second-order valence-corrected chi connectivity index (χ2v) is 1.02. The number of pyridine rings is 1. The Hall–Kier alpha value is -0.850. The van der Waals surface area contributed by atoms with Gasteiger partial charge in [-0.15, -0.1) is 0 Å². The van der Waals surface area contributed by atoms with Crippen molar-refractivity contribution >= 4 is 0 Å². The molecule has 60 valence electrons. The van der Waals surface area contributed by atoms with Crippen molar-refractivity contribution in [1.29, 1.82) is 0 Å². The molecule has 0 aliphatic heterocycles. The van der Waals surface area contributed by atoms with Crippen LogP contribution in [0.5, 0.6) is 0 Å². The highest BCUT2D eigenvalue weighted by atomic mass is 14.6. The highest BCUT2D eigenvalue weighted by Crippen LogP contribution is 1.73. The van der Waals surface area contributed by atoms with Gasteiger partial charge in [-0.3, -0.25) is 4.98 Å². The fraction of sp³-hybridized carbons (Fsp3) is 0.444. The molecule has 1 rings (SSSR count). The van der Waals surface area contributed by atoms with Crippen molar-refractivity contribution in [2.24, 2.45) is 0 Å². The number of hydrogen-bond acceptors (Lipinski definition) is 1. The van der Waals surface area contributed by atoms with Crippen LogP contribution < -0.4 is 0 Å². The lowest BCUT2D eigenvalue weighted by atomic mass is 10.5. The largest absolute Gasteiger partial charge is 0.265 e. The molecule has 0 saturated carbocycles. The van der Waals surface area contributed by atoms with Crippen LogP contribution in [0, 0.1) is 0 Å². The van der Waals surface area contributed by atoms with E-state index in [1.54, 1.807) is 12.4 Å². The molecule has 10 heavy (non-hydrogen) atoms. The maximum Gasteiger partial charge on any atom is 0.0267 e. The minimum absolute atomic E-state index is 0. The van der Waals surface area contributed by atoms with E-state index in [-0.39, 0.29) is 14.9 Å². The zero-order valence-corrected chi connectivity index (χ0v) is 5.33. The van der Waals surface area contributed by atoms with Crippen molar-refractivity contribution in [3.63, 3.8) is 0 Å². The van der Waals surface area contributed by atoms with Crippen LogP contribution in [0.15, 0.2) is 30.6 Å². The fourth-order valence-electron chi connectivity index (χ4n) is 0.313. The van der Waals surface area contributed by atoms with E-state index in [0.717, 1.165) is 0 Å². The third kappa shape index (κ3) is 10.2. The topological polar surface area (TPSA) is 12.9 Å². The van der Waals surface area contributed by atoms with Gasteiger partial charge in [-0.25, -0.2) is 0 Å². The summed E-state index contributed by atoms with van der Waals surface area (Å²) in [7, 11) is 0. The molecule has 0 aliphatic rings. The predicted octanol–water partition coefficient (Wildman–Crippen LogP) is 3.38. The molecule has 0 fully saturated rings. The molecule has 1 aromatic heterocycles. The molecule has 0 saturated heterocycles. The van der Waals surface area contributed by atoms with Gasteiger partial charge in [0.2, 0.25) is 0 Å². The van der Waals surface area contributed by atoms with Crippen LogP contribution in [-0.2, 0) is 0 Å². The standard InChI is InChI=1S/C5H5N.C2H6.2CH4/c1-2-4-6-5-3-1;1-2;;/h1-5H;1-2H3;2*1H4. The first-order valence-electron chi connectivity index (χ1n) is 2.85. The van der Waals surface area contributed by atoms with Gasteiger partial charge in [0.15, 0.2) is 0 Å². The lowest BCUT2D eigenvalue weighted by Gasteiger charge is -1.70. The van der Waals surface area contributed by atoms with Crippen molar-refractivity contribution in [3.8, 4) is 0 Å². The SMILES string of the molecule is C.C.CC.c1ccncc1. The molecule has 0 radical (unpaired) electrons. The second-order valence-electron chi connectivity index (χ2n) is 1.02. The molecule has 0 N–H and O–H groups in total. The van der Waals surface area contributed by atoms with Crippen LogP contribution >= 0.6 is 0 Å². The summed E-state index contributed by atoms with van der Waals surface area (Å²) in [5.41, 5.74) is 0. The molecule has 1 heteroatoms. The van der Waals surface area contributed by atoms with Crippen LogP contribution in [0.3, 0.4) is 0 Å². The van der Waals surface area contributed by atoms with E-state index in [1.165, 1.54) is 0 Å². The Morgan fingerprint density at radius 1 is 0.800 bits per heavy atom. The molecule has 0 aromatic carbocycles. The highest BCUT2D eigenvalue weighted by molar-refractivity contribution is 4.88. The zero-order valence-electron chi connectivity index (χ0n) is 5.33. The van der Waals surface area contributed by atoms with Crippen molar-refractivity contribution in [2.45, 2.75) is 28.7 Å². The lowest BCUT2D eigenvalue weighted by molar-refractivity contribution is 1.33. The molecule has 0 unspecified atom stereocenters. The molecule has 1 heterocycles. The van der Waals surface area contributed by atoms with Gasteiger partial charge in [0, 0.05) is 12.4 Å². The van der Waals surface area contributed by atoms with Gasteiger partial charge < -0.3 is 0 Å². The van der Waals surface area contributed by atoms with E-state index >= 15 is 0 Å². The first-order chi connectivity index (χ1) is 4.00. The van der Waals surface area contributed by atoms with Gasteiger partial charge in [0.25, 0.3) is 0 Å². The minimum Gasteiger partial charge on any atom is -0.265 e. The van der Waals surface area contributed by atoms with Crippen LogP contribution in [-0.4, -0.2) is 4.98 Å². The summed E-state index contributed by atoms with van der Waals surface area (Å²) in [5.74, 6) is 0. The van der Waals surface area contributed by atoms with Gasteiger partial charge in [0.1, 0.15) is 0 Å². The quantitative estimate of drug-likeness (QED) is 0.539. The van der Waals surface area contributed by atoms with Crippen LogP contribution in [0.25, 0.3) is 0 Å². The second kappa shape index (κ2) is 15.7. The molecular weight excluding hydrogens is 122 g/mol. The average Bonchev–Trinajstić information content (AvgIpc) is 1.96. The summed E-state index contributed by atoms with van der Waals surface area (Å²) in [6.45, 7) is 4.00. The van der Waals surface area contributed by atoms with E-state index in [4.69, 9.17) is 0 Å². The molecule has 0 bridgehead atoms. The van der Waals surface area contributed by atoms with Gasteiger partial charge in [-0.05, 0) is 12.1 Å². The number of nitrogens with zero attached hydrogens (tertiary/aromatic N) is 1. The highest BCUT2D eigenvalue weighted by Gasteiger charge is 1.58. The Kier molecular flexibility index (Phi) is 25.2. The molecule has 0 atom stereocenters. The molecular formula is C9H19N. The first-order valence-corrected chi connectivity index (χ1v) is 2.85. The lowest BCUT2D eigenvalue weighted by Crippen LogP contribution is -1.58. The maximum atomic E-state index is 3.78. The monoisotopic (exact) mass is 141 g/mol. The number of hydrogen-bond donors (Lipinski definition) is 0. The van der Waals surface area contributed by atoms with Gasteiger partial charge in [-0.1, -0.05) is 34.8 Å². The smallest absolute Gasteiger partial charge is 0.0267 e. The van der Waals surface area contributed by atoms with E-state index < -0.39 is 0 Å². The third-order valence-corrected chi connectivity index (χ3v) is 0.566. The number of rotatable bonds is 0. The van der Waals surface area contributed by atoms with E-state index in [0.29, 0.717) is 0 Å². The van der Waals surface area contributed by atoms with E-state index in [9.17, 15) is 0 Å². The van der Waals surface area contributed by atoms with Crippen molar-refractivity contribution in [1.82, 2.24) is 4.98 Å². The Morgan fingerprint density at radius 2 is 1.20 bits per heavy atom. The van der Waals surface area contributed by atoms with Crippen molar-refractivity contribution in [3.05, 3.63) is 30.6 Å². The maximum absolute atomic E-state index is 3.78. The first kappa shape index (κ1) is 16.1. The van der Waals surface area contributed by atoms with Gasteiger partial charge >= 0.3 is 0 Å². The summed E-state index contributed by atoms with van der Waals surface area (Å²) in [6.07, 6.45) is 3.50. The van der Waals surface area contributed by atoms with Crippen LogP contribution in [0.4, 0.5) is 0 Å². The Labute approximate surface area is 65.1 Å². The predicted molar refractivity (Wildman–Crippen MR) is 49.0 cm³/mol. The summed E-state index contributed by atoms with van der Waals surface area (Å²) in [6, 6.07) is 5.72. The fourth-order valence-corrected chi connectivity index (χ4v) is 0.313. The normalized spacial score (nSPS) is 5.40. The molecule has 1 nitrogen and oxygen atoms in total. The molecule has 1 aromatic rings. The van der Waals surface area contributed by atoms with E-state index in [2.05, 4.69) is 4.98 Å². The molecule has 0 spiro atoms. The molecule has 0 aliphatic carbocycles. The Balaban J connectivity index is -0.000000114. The number of aromatic nitrogens is 1. The van der Waals surface area contributed by atoms with Gasteiger partial charge in [-0.2, -0.15) is 0 Å². The summed E-state index contributed by atoms with van der Waals surface area (Å²) in [4.78, 5) is 3.78. The van der Waals surface area contributed by atoms with Crippen molar-refractivity contribution in [2.75, 3.05) is 0 Å². The van der Waals surface area contributed by atoms with Crippen LogP contribution in [0.1, 0.15) is 28.7 Å². The summed E-state index contributed by atoms with van der Waals surface area (Å²) in [5, 5.41) is 0. The summed E-state index contributed by atoms with van der Waals surface area (Å²) < 4.78 is 0. The molecule has 0 amide bonds.